The van der Waals surface area contributed by atoms with Gasteiger partial charge in [0, 0.05) is 10.6 Å². The Balaban J connectivity index is 2.58. The summed E-state index contributed by atoms with van der Waals surface area (Å²) >= 11 is 5.77. The SMILES string of the molecule is Nc1ccc(-c2ccc(Cl)cc2)c(C(=O)O)n1. The monoisotopic (exact) mass is 248 g/mol. The molecule has 0 aliphatic heterocycles. The predicted octanol–water partition coefficient (Wildman–Crippen LogP) is 2.68. The maximum Gasteiger partial charge on any atom is 0.355 e. The number of hydrogen-bond acceptors (Lipinski definition) is 3. The van der Waals surface area contributed by atoms with E-state index in [-0.39, 0.29) is 11.5 Å². The summed E-state index contributed by atoms with van der Waals surface area (Å²) in [6.07, 6.45) is 0. The number of aromatic carboxylic acids is 1. The van der Waals surface area contributed by atoms with Crippen molar-refractivity contribution in [2.75, 3.05) is 5.73 Å². The van der Waals surface area contributed by atoms with Crippen LogP contribution in [0.5, 0.6) is 0 Å². The topological polar surface area (TPSA) is 76.2 Å². The van der Waals surface area contributed by atoms with Crippen molar-refractivity contribution in [2.45, 2.75) is 0 Å². The summed E-state index contributed by atoms with van der Waals surface area (Å²) in [6, 6.07) is 10.1. The Morgan fingerprint density at radius 1 is 1.18 bits per heavy atom. The summed E-state index contributed by atoms with van der Waals surface area (Å²) in [5.41, 5.74) is 6.66. The molecule has 0 saturated carbocycles. The maximum absolute atomic E-state index is 11.1. The van der Waals surface area contributed by atoms with E-state index in [4.69, 9.17) is 22.4 Å². The highest BCUT2D eigenvalue weighted by atomic mass is 35.5. The number of rotatable bonds is 2. The fraction of sp³-hybridized carbons (Fsp3) is 0. The van der Waals surface area contributed by atoms with Crippen molar-refractivity contribution in [1.29, 1.82) is 0 Å². The van der Waals surface area contributed by atoms with Gasteiger partial charge in [0.2, 0.25) is 0 Å². The Morgan fingerprint density at radius 3 is 2.41 bits per heavy atom. The Hall–Kier alpha value is -2.07. The molecule has 86 valence electrons. The number of carboxylic acid groups (broad SMARTS) is 1. The van der Waals surface area contributed by atoms with E-state index in [9.17, 15) is 4.79 Å². The summed E-state index contributed by atoms with van der Waals surface area (Å²) in [5, 5.41) is 9.65. The van der Waals surface area contributed by atoms with Crippen molar-refractivity contribution in [3.63, 3.8) is 0 Å². The summed E-state index contributed by atoms with van der Waals surface area (Å²) in [7, 11) is 0. The molecule has 1 heterocycles. The van der Waals surface area contributed by atoms with Gasteiger partial charge in [0.25, 0.3) is 0 Å². The van der Waals surface area contributed by atoms with E-state index in [0.29, 0.717) is 10.6 Å². The highest BCUT2D eigenvalue weighted by molar-refractivity contribution is 6.30. The summed E-state index contributed by atoms with van der Waals surface area (Å²) < 4.78 is 0. The van der Waals surface area contributed by atoms with Crippen molar-refractivity contribution in [3.05, 3.63) is 47.1 Å². The molecule has 0 aliphatic rings. The lowest BCUT2D eigenvalue weighted by Crippen LogP contribution is -2.05. The number of nitrogen functional groups attached to an aromatic ring is 1. The molecule has 2 rings (SSSR count). The second-order valence-electron chi connectivity index (χ2n) is 3.44. The number of nitrogens with zero attached hydrogens (tertiary/aromatic N) is 1. The first-order valence-corrected chi connectivity index (χ1v) is 5.21. The van der Waals surface area contributed by atoms with Gasteiger partial charge in [0.1, 0.15) is 5.82 Å². The zero-order valence-electron chi connectivity index (χ0n) is 8.72. The molecule has 0 unspecified atom stereocenters. The molecule has 0 amide bonds. The molecule has 3 N–H and O–H groups in total. The molecular weight excluding hydrogens is 240 g/mol. The Bertz CT molecular complexity index is 567. The van der Waals surface area contributed by atoms with Crippen LogP contribution in [0.2, 0.25) is 5.02 Å². The van der Waals surface area contributed by atoms with Crippen LogP contribution in [0.15, 0.2) is 36.4 Å². The molecule has 0 bridgehead atoms. The van der Waals surface area contributed by atoms with Crippen molar-refractivity contribution in [3.8, 4) is 11.1 Å². The minimum Gasteiger partial charge on any atom is -0.476 e. The smallest absolute Gasteiger partial charge is 0.355 e. The van der Waals surface area contributed by atoms with Gasteiger partial charge in [-0.15, -0.1) is 0 Å². The summed E-state index contributed by atoms with van der Waals surface area (Å²) in [6.45, 7) is 0. The average molecular weight is 249 g/mol. The van der Waals surface area contributed by atoms with E-state index >= 15 is 0 Å². The lowest BCUT2D eigenvalue weighted by molar-refractivity contribution is 0.0691. The van der Waals surface area contributed by atoms with Crippen LogP contribution in [0.3, 0.4) is 0 Å². The van der Waals surface area contributed by atoms with E-state index < -0.39 is 5.97 Å². The number of hydrogen-bond donors (Lipinski definition) is 2. The Labute approximate surface area is 103 Å². The highest BCUT2D eigenvalue weighted by Gasteiger charge is 2.13. The van der Waals surface area contributed by atoms with Gasteiger partial charge in [-0.05, 0) is 29.8 Å². The lowest BCUT2D eigenvalue weighted by Gasteiger charge is -2.06. The van der Waals surface area contributed by atoms with Crippen molar-refractivity contribution < 1.29 is 9.90 Å². The van der Waals surface area contributed by atoms with Gasteiger partial charge < -0.3 is 10.8 Å². The van der Waals surface area contributed by atoms with Crippen LogP contribution in [0.1, 0.15) is 10.5 Å². The number of carboxylic acids is 1. The molecule has 0 saturated heterocycles. The van der Waals surface area contributed by atoms with Gasteiger partial charge in [0.05, 0.1) is 0 Å². The Kier molecular flexibility index (Phi) is 2.97. The predicted molar refractivity (Wildman–Crippen MR) is 66.1 cm³/mol. The van der Waals surface area contributed by atoms with Crippen LogP contribution < -0.4 is 5.73 Å². The zero-order valence-corrected chi connectivity index (χ0v) is 9.48. The van der Waals surface area contributed by atoms with Crippen LogP contribution in [-0.2, 0) is 0 Å². The first-order chi connectivity index (χ1) is 8.08. The molecule has 4 nitrogen and oxygen atoms in total. The molecule has 2 aromatic rings. The summed E-state index contributed by atoms with van der Waals surface area (Å²) in [4.78, 5) is 14.9. The third kappa shape index (κ3) is 2.37. The number of pyridine rings is 1. The number of nitrogens with two attached hydrogens (primary N) is 1. The van der Waals surface area contributed by atoms with E-state index in [1.165, 1.54) is 0 Å². The second-order valence-corrected chi connectivity index (χ2v) is 3.88. The van der Waals surface area contributed by atoms with Crippen LogP contribution >= 0.6 is 11.6 Å². The molecule has 17 heavy (non-hydrogen) atoms. The van der Waals surface area contributed by atoms with Crippen LogP contribution in [0.4, 0.5) is 5.82 Å². The molecule has 0 spiro atoms. The van der Waals surface area contributed by atoms with Gasteiger partial charge in [-0.3, -0.25) is 0 Å². The number of aromatic nitrogens is 1. The van der Waals surface area contributed by atoms with Crippen LogP contribution in [0.25, 0.3) is 11.1 Å². The first-order valence-electron chi connectivity index (χ1n) is 4.83. The lowest BCUT2D eigenvalue weighted by atomic mass is 10.0. The molecular formula is C12H9ClN2O2. The van der Waals surface area contributed by atoms with Crippen molar-refractivity contribution in [2.24, 2.45) is 0 Å². The third-order valence-electron chi connectivity index (χ3n) is 2.27. The molecule has 0 aliphatic carbocycles. The van der Waals surface area contributed by atoms with Gasteiger partial charge in [-0.2, -0.15) is 0 Å². The quantitative estimate of drug-likeness (QED) is 0.857. The number of benzene rings is 1. The fourth-order valence-electron chi connectivity index (χ4n) is 1.50. The molecule has 5 heteroatoms. The summed E-state index contributed by atoms with van der Waals surface area (Å²) in [5.74, 6) is -0.928. The van der Waals surface area contributed by atoms with Gasteiger partial charge in [0.15, 0.2) is 5.69 Å². The molecule has 1 aromatic heterocycles. The van der Waals surface area contributed by atoms with Gasteiger partial charge >= 0.3 is 5.97 Å². The average Bonchev–Trinajstić information content (AvgIpc) is 2.30. The number of halogens is 1. The largest absolute Gasteiger partial charge is 0.476 e. The van der Waals surface area contributed by atoms with Gasteiger partial charge in [-0.1, -0.05) is 23.7 Å². The van der Waals surface area contributed by atoms with E-state index in [0.717, 1.165) is 5.56 Å². The molecule has 0 radical (unpaired) electrons. The highest BCUT2D eigenvalue weighted by Crippen LogP contribution is 2.25. The zero-order chi connectivity index (χ0) is 12.4. The van der Waals surface area contributed by atoms with Crippen LogP contribution in [0, 0.1) is 0 Å². The third-order valence-corrected chi connectivity index (χ3v) is 2.53. The van der Waals surface area contributed by atoms with Crippen molar-refractivity contribution >= 4 is 23.4 Å². The normalized spacial score (nSPS) is 10.2. The standard InChI is InChI=1S/C12H9ClN2O2/c13-8-3-1-7(2-4-8)9-5-6-10(14)15-11(9)12(16)17/h1-6H,(H2,14,15)(H,16,17). The van der Waals surface area contributed by atoms with E-state index in [2.05, 4.69) is 4.98 Å². The maximum atomic E-state index is 11.1. The van der Waals surface area contributed by atoms with Crippen molar-refractivity contribution in [1.82, 2.24) is 4.98 Å². The molecule has 0 atom stereocenters. The van der Waals surface area contributed by atoms with Gasteiger partial charge in [-0.25, -0.2) is 9.78 Å². The molecule has 1 aromatic carbocycles. The number of anilines is 1. The number of carbonyl (C=O) groups is 1. The minimum atomic E-state index is -1.11. The first kappa shape index (κ1) is 11.4. The Morgan fingerprint density at radius 2 is 1.82 bits per heavy atom. The minimum absolute atomic E-state index is 0.0627. The van der Waals surface area contributed by atoms with E-state index in [1.807, 2.05) is 0 Å². The molecule has 0 fully saturated rings. The fourth-order valence-corrected chi connectivity index (χ4v) is 1.63. The second kappa shape index (κ2) is 4.43. The van der Waals surface area contributed by atoms with E-state index in [1.54, 1.807) is 36.4 Å². The van der Waals surface area contributed by atoms with Crippen LogP contribution in [-0.4, -0.2) is 16.1 Å².